The molecule has 2 aromatic rings. The predicted molar refractivity (Wildman–Crippen MR) is 103 cm³/mol. The van der Waals surface area contributed by atoms with Gasteiger partial charge in [-0.3, -0.25) is 4.90 Å². The van der Waals surface area contributed by atoms with Crippen molar-refractivity contribution in [3.8, 4) is 11.1 Å². The third-order valence-electron chi connectivity index (χ3n) is 5.52. The molecule has 2 aromatic carbocycles. The van der Waals surface area contributed by atoms with E-state index >= 15 is 0 Å². The number of hydrogen-bond donors (Lipinski definition) is 1. The summed E-state index contributed by atoms with van der Waals surface area (Å²) in [6.07, 6.45) is -0.587. The fourth-order valence-corrected chi connectivity index (χ4v) is 4.27. The molecule has 1 fully saturated rings. The third-order valence-corrected chi connectivity index (χ3v) is 5.52. The summed E-state index contributed by atoms with van der Waals surface area (Å²) >= 11 is 0. The van der Waals surface area contributed by atoms with Gasteiger partial charge in [0.05, 0.1) is 12.6 Å². The average Bonchev–Trinajstić information content (AvgIpc) is 3.26. The SMILES string of the molecule is CCO[C@H]1C[C@@H](C(=O)O)N(C(=O)OCC2c3ccccc3-c3ccccc32)C1. The standard InChI is InChI=1S/C22H23NO5/c1-2-27-14-11-20(21(24)25)23(12-14)22(26)28-13-19-17-9-5-3-7-15(17)16-8-4-6-10-18(16)19/h3-10,14,19-20H,2,11-13H2,1H3,(H,24,25)/t14-,20-/m0/s1. The van der Waals surface area contributed by atoms with Crippen molar-refractivity contribution in [1.29, 1.82) is 0 Å². The highest BCUT2D eigenvalue weighted by Gasteiger charge is 2.41. The summed E-state index contributed by atoms with van der Waals surface area (Å²) in [6, 6.07) is 15.3. The van der Waals surface area contributed by atoms with Crippen molar-refractivity contribution in [3.63, 3.8) is 0 Å². The number of carboxylic acids is 1. The monoisotopic (exact) mass is 381 g/mol. The van der Waals surface area contributed by atoms with Crippen LogP contribution in [0.3, 0.4) is 0 Å². The normalized spacial score (nSPS) is 20.7. The lowest BCUT2D eigenvalue weighted by molar-refractivity contribution is -0.141. The molecule has 1 aliphatic heterocycles. The molecule has 146 valence electrons. The van der Waals surface area contributed by atoms with Crippen molar-refractivity contribution in [2.75, 3.05) is 19.8 Å². The maximum Gasteiger partial charge on any atom is 0.410 e. The molecule has 0 spiro atoms. The Morgan fingerprint density at radius 1 is 1.07 bits per heavy atom. The first-order valence-electron chi connectivity index (χ1n) is 9.56. The number of aliphatic carboxylic acids is 1. The van der Waals surface area contributed by atoms with Gasteiger partial charge in [0, 0.05) is 18.9 Å². The number of ether oxygens (including phenoxy) is 2. The molecule has 1 aliphatic carbocycles. The number of carboxylic acid groups (broad SMARTS) is 1. The predicted octanol–water partition coefficient (Wildman–Crippen LogP) is 3.50. The molecule has 0 unspecified atom stereocenters. The van der Waals surface area contributed by atoms with Crippen LogP contribution in [0.4, 0.5) is 4.79 Å². The quantitative estimate of drug-likeness (QED) is 0.858. The fraction of sp³-hybridized carbons (Fsp3) is 0.364. The first-order chi connectivity index (χ1) is 13.6. The van der Waals surface area contributed by atoms with E-state index in [0.717, 1.165) is 22.3 Å². The molecular weight excluding hydrogens is 358 g/mol. The summed E-state index contributed by atoms with van der Waals surface area (Å²) in [7, 11) is 0. The first kappa shape index (κ1) is 18.5. The van der Waals surface area contributed by atoms with Crippen molar-refractivity contribution in [2.24, 2.45) is 0 Å². The number of nitrogens with zero attached hydrogens (tertiary/aromatic N) is 1. The number of carbonyl (C=O) groups excluding carboxylic acids is 1. The van der Waals surface area contributed by atoms with Gasteiger partial charge in [-0.1, -0.05) is 48.5 Å². The molecule has 1 amide bonds. The summed E-state index contributed by atoms with van der Waals surface area (Å²) < 4.78 is 11.1. The molecule has 0 saturated carbocycles. The van der Waals surface area contributed by atoms with Gasteiger partial charge in [0.15, 0.2) is 0 Å². The Kier molecular flexibility index (Phi) is 5.05. The summed E-state index contributed by atoms with van der Waals surface area (Å²) in [5, 5.41) is 9.45. The molecule has 6 heteroatoms. The second-order valence-electron chi connectivity index (χ2n) is 7.12. The van der Waals surface area contributed by atoms with Gasteiger partial charge in [-0.25, -0.2) is 9.59 Å². The highest BCUT2D eigenvalue weighted by Crippen LogP contribution is 2.44. The van der Waals surface area contributed by atoms with Crippen LogP contribution >= 0.6 is 0 Å². The van der Waals surface area contributed by atoms with E-state index in [-0.39, 0.29) is 31.6 Å². The Labute approximate surface area is 163 Å². The van der Waals surface area contributed by atoms with Crippen LogP contribution in [0, 0.1) is 0 Å². The molecule has 0 bridgehead atoms. The van der Waals surface area contributed by atoms with Crippen LogP contribution in [-0.4, -0.2) is 54.0 Å². The lowest BCUT2D eigenvalue weighted by atomic mass is 9.98. The van der Waals surface area contributed by atoms with Crippen LogP contribution in [0.5, 0.6) is 0 Å². The van der Waals surface area contributed by atoms with Crippen molar-refractivity contribution < 1.29 is 24.2 Å². The maximum absolute atomic E-state index is 12.7. The van der Waals surface area contributed by atoms with E-state index in [0.29, 0.717) is 6.61 Å². The fourth-order valence-electron chi connectivity index (χ4n) is 4.27. The topological polar surface area (TPSA) is 76.1 Å². The van der Waals surface area contributed by atoms with Crippen LogP contribution in [0.1, 0.15) is 30.4 Å². The van der Waals surface area contributed by atoms with E-state index in [4.69, 9.17) is 9.47 Å². The molecule has 4 rings (SSSR count). The van der Waals surface area contributed by atoms with Crippen molar-refractivity contribution in [3.05, 3.63) is 59.7 Å². The number of likely N-dealkylation sites (tertiary alicyclic amines) is 1. The van der Waals surface area contributed by atoms with Crippen LogP contribution in [0.25, 0.3) is 11.1 Å². The Morgan fingerprint density at radius 2 is 1.68 bits per heavy atom. The Bertz CT molecular complexity index is 851. The highest BCUT2D eigenvalue weighted by atomic mass is 16.6. The van der Waals surface area contributed by atoms with Gasteiger partial charge in [-0.15, -0.1) is 0 Å². The van der Waals surface area contributed by atoms with E-state index in [1.54, 1.807) is 0 Å². The number of benzene rings is 2. The smallest absolute Gasteiger partial charge is 0.410 e. The average molecular weight is 381 g/mol. The van der Waals surface area contributed by atoms with Gasteiger partial charge in [-0.05, 0) is 29.2 Å². The number of hydrogen-bond acceptors (Lipinski definition) is 4. The number of amides is 1. The summed E-state index contributed by atoms with van der Waals surface area (Å²) in [5.41, 5.74) is 4.56. The summed E-state index contributed by atoms with van der Waals surface area (Å²) in [4.78, 5) is 25.5. The first-order valence-corrected chi connectivity index (χ1v) is 9.56. The Hall–Kier alpha value is -2.86. The minimum atomic E-state index is -1.03. The van der Waals surface area contributed by atoms with Crippen molar-refractivity contribution in [1.82, 2.24) is 4.90 Å². The van der Waals surface area contributed by atoms with E-state index < -0.39 is 18.1 Å². The zero-order valence-electron chi connectivity index (χ0n) is 15.7. The van der Waals surface area contributed by atoms with Crippen LogP contribution in [0.2, 0.25) is 0 Å². The lowest BCUT2D eigenvalue weighted by Gasteiger charge is -2.22. The molecule has 1 N–H and O–H groups in total. The van der Waals surface area contributed by atoms with Crippen molar-refractivity contribution in [2.45, 2.75) is 31.4 Å². The number of fused-ring (bicyclic) bond motifs is 3. The lowest BCUT2D eigenvalue weighted by Crippen LogP contribution is -2.41. The zero-order chi connectivity index (χ0) is 19.7. The number of rotatable bonds is 5. The molecule has 0 radical (unpaired) electrons. The minimum absolute atomic E-state index is 0.0510. The van der Waals surface area contributed by atoms with Crippen LogP contribution in [0.15, 0.2) is 48.5 Å². The van der Waals surface area contributed by atoms with Gasteiger partial charge >= 0.3 is 12.1 Å². The van der Waals surface area contributed by atoms with Crippen LogP contribution < -0.4 is 0 Å². The molecule has 0 aromatic heterocycles. The summed E-state index contributed by atoms with van der Waals surface area (Å²) in [5.74, 6) is -1.08. The van der Waals surface area contributed by atoms with Gasteiger partial charge in [0.1, 0.15) is 12.6 Å². The van der Waals surface area contributed by atoms with Gasteiger partial charge in [0.2, 0.25) is 0 Å². The van der Waals surface area contributed by atoms with E-state index in [9.17, 15) is 14.7 Å². The third kappa shape index (κ3) is 3.24. The minimum Gasteiger partial charge on any atom is -0.480 e. The molecule has 6 nitrogen and oxygen atoms in total. The molecule has 28 heavy (non-hydrogen) atoms. The molecular formula is C22H23NO5. The van der Waals surface area contributed by atoms with Crippen molar-refractivity contribution >= 4 is 12.1 Å². The second-order valence-corrected chi connectivity index (χ2v) is 7.12. The Morgan fingerprint density at radius 3 is 2.25 bits per heavy atom. The molecule has 1 heterocycles. The zero-order valence-corrected chi connectivity index (χ0v) is 15.7. The van der Waals surface area contributed by atoms with Gasteiger partial charge in [-0.2, -0.15) is 0 Å². The highest BCUT2D eigenvalue weighted by molar-refractivity contribution is 5.81. The molecule has 1 saturated heterocycles. The second kappa shape index (κ2) is 7.64. The Balaban J connectivity index is 1.50. The summed E-state index contributed by atoms with van der Waals surface area (Å²) in [6.45, 7) is 2.75. The number of carbonyl (C=O) groups is 2. The van der Waals surface area contributed by atoms with E-state index in [2.05, 4.69) is 24.3 Å². The maximum atomic E-state index is 12.7. The largest absolute Gasteiger partial charge is 0.480 e. The van der Waals surface area contributed by atoms with Gasteiger partial charge in [0.25, 0.3) is 0 Å². The van der Waals surface area contributed by atoms with Crippen LogP contribution in [-0.2, 0) is 14.3 Å². The molecule has 2 aliphatic rings. The van der Waals surface area contributed by atoms with Gasteiger partial charge < -0.3 is 14.6 Å². The molecule has 2 atom stereocenters. The van der Waals surface area contributed by atoms with E-state index in [1.807, 2.05) is 31.2 Å². The van der Waals surface area contributed by atoms with E-state index in [1.165, 1.54) is 4.90 Å².